The SMILES string of the molecule is CCCCCCC1(CCCCCC)c2ccccc2-c2ccc(Nc3ccc(-c4ccc5c6ccc(-c7ccc(Nc8ccc9c(c8)C(CCCCCC)(CCCCCC)c8ccccc8-9)cc7)cc6c6ccccc6c5c4)cc3)cc21. The summed E-state index contributed by atoms with van der Waals surface area (Å²) in [7, 11) is 0. The third-order valence-electron chi connectivity index (χ3n) is 19.2. The Kier molecular flexibility index (Phi) is 16.8. The van der Waals surface area contributed by atoms with Crippen LogP contribution in [0.2, 0.25) is 0 Å². The molecule has 0 aliphatic heterocycles. The molecule has 0 radical (unpaired) electrons. The van der Waals surface area contributed by atoms with Gasteiger partial charge in [0.05, 0.1) is 0 Å². The molecule has 0 amide bonds. The topological polar surface area (TPSA) is 24.1 Å². The number of nitrogens with one attached hydrogen (secondary N) is 2. The number of rotatable bonds is 26. The van der Waals surface area contributed by atoms with E-state index < -0.39 is 0 Å². The van der Waals surface area contributed by atoms with Crippen molar-refractivity contribution in [2.45, 2.75) is 167 Å². The zero-order valence-corrected chi connectivity index (χ0v) is 49.6. The molecule has 0 spiro atoms. The number of unbranched alkanes of at least 4 members (excludes halogenated alkanes) is 12. The molecule has 0 atom stereocenters. The Hall–Kier alpha value is -7.42. The van der Waals surface area contributed by atoms with E-state index in [1.807, 2.05) is 0 Å². The fraction of sp³-hybridized carbons (Fsp3) is 0.325. The number of fused-ring (bicyclic) bond motifs is 12. The molecule has 10 aromatic rings. The van der Waals surface area contributed by atoms with Crippen molar-refractivity contribution in [1.82, 2.24) is 0 Å². The van der Waals surface area contributed by atoms with E-state index >= 15 is 0 Å². The Morgan fingerprint density at radius 3 is 0.939 bits per heavy atom. The second-order valence-corrected chi connectivity index (χ2v) is 24.5. The molecule has 0 saturated heterocycles. The van der Waals surface area contributed by atoms with Crippen LogP contribution in [0.15, 0.2) is 194 Å². The van der Waals surface area contributed by atoms with Crippen molar-refractivity contribution in [1.29, 1.82) is 0 Å². The van der Waals surface area contributed by atoms with Crippen molar-refractivity contribution in [3.8, 4) is 44.5 Å². The standard InChI is InChI=1S/C80H86N2/c1-5-9-13-23-49-79(50-24-14-10-6-2)75-31-21-19-29-69(75)71-47-43-63(55-77(71)79)81-61-39-33-57(34-40-61)59-37-45-67-68-46-38-60(54-74(68)66-28-18-17-27-65(66)73(67)53-59)58-35-41-62(42-36-58)82-64-44-48-72-70-30-20-22-32-76(70)80(78(72)56-64,51-25-15-11-7-3)52-26-16-12-8-4/h17-22,27-48,53-56,81-82H,5-16,23-26,49-52H2,1-4H3. The summed E-state index contributed by atoms with van der Waals surface area (Å²) in [6, 6.07) is 74.4. The van der Waals surface area contributed by atoms with Gasteiger partial charge in [0.25, 0.3) is 0 Å². The van der Waals surface area contributed by atoms with Crippen LogP contribution >= 0.6 is 0 Å². The lowest BCUT2D eigenvalue weighted by Gasteiger charge is -2.33. The highest BCUT2D eigenvalue weighted by molar-refractivity contribution is 6.26. The van der Waals surface area contributed by atoms with Gasteiger partial charge in [0, 0.05) is 33.6 Å². The maximum atomic E-state index is 3.86. The second kappa shape index (κ2) is 25.0. The molecule has 2 nitrogen and oxygen atoms in total. The van der Waals surface area contributed by atoms with Gasteiger partial charge in [-0.05, 0) is 185 Å². The summed E-state index contributed by atoms with van der Waals surface area (Å²) in [5.74, 6) is 0. The zero-order valence-electron chi connectivity index (χ0n) is 49.6. The van der Waals surface area contributed by atoms with Crippen molar-refractivity contribution in [3.05, 3.63) is 216 Å². The third-order valence-corrected chi connectivity index (χ3v) is 19.2. The quantitative estimate of drug-likeness (QED) is 0.0417. The van der Waals surface area contributed by atoms with Crippen LogP contribution in [-0.4, -0.2) is 0 Å². The fourth-order valence-electron chi connectivity index (χ4n) is 14.9. The van der Waals surface area contributed by atoms with E-state index in [2.05, 4.69) is 232 Å². The van der Waals surface area contributed by atoms with E-state index in [0.717, 1.165) is 11.4 Å². The molecular formula is C80H86N2. The van der Waals surface area contributed by atoms with Crippen molar-refractivity contribution < 1.29 is 0 Å². The van der Waals surface area contributed by atoms with Crippen LogP contribution in [0.3, 0.4) is 0 Å². The van der Waals surface area contributed by atoms with Gasteiger partial charge in [-0.1, -0.05) is 264 Å². The minimum atomic E-state index is 0.0710. The smallest absolute Gasteiger partial charge is 0.0387 e. The van der Waals surface area contributed by atoms with Gasteiger partial charge in [-0.25, -0.2) is 0 Å². The Morgan fingerprint density at radius 1 is 0.244 bits per heavy atom. The molecule has 2 heteroatoms. The monoisotopic (exact) mass is 1070 g/mol. The number of hydrogen-bond donors (Lipinski definition) is 2. The summed E-state index contributed by atoms with van der Waals surface area (Å²) in [4.78, 5) is 0. The minimum Gasteiger partial charge on any atom is -0.356 e. The first-order chi connectivity index (χ1) is 40.4. The van der Waals surface area contributed by atoms with Crippen LogP contribution in [0.25, 0.3) is 76.8 Å². The van der Waals surface area contributed by atoms with Gasteiger partial charge in [0.15, 0.2) is 0 Å². The first-order valence-electron chi connectivity index (χ1n) is 32.1. The van der Waals surface area contributed by atoms with Gasteiger partial charge in [-0.15, -0.1) is 0 Å². The molecule has 2 aliphatic carbocycles. The van der Waals surface area contributed by atoms with Crippen LogP contribution in [-0.2, 0) is 10.8 Å². The average Bonchev–Trinajstić information content (AvgIpc) is 4.19. The van der Waals surface area contributed by atoms with Gasteiger partial charge in [0.1, 0.15) is 0 Å². The zero-order chi connectivity index (χ0) is 55.9. The van der Waals surface area contributed by atoms with Crippen LogP contribution in [0.1, 0.15) is 178 Å². The molecule has 0 aromatic heterocycles. The van der Waals surface area contributed by atoms with Gasteiger partial charge < -0.3 is 10.6 Å². The lowest BCUT2D eigenvalue weighted by Crippen LogP contribution is -2.25. The summed E-state index contributed by atoms with van der Waals surface area (Å²) in [5, 5.41) is 15.4. The van der Waals surface area contributed by atoms with Crippen molar-refractivity contribution >= 4 is 55.1 Å². The Labute approximate surface area is 490 Å². The lowest BCUT2D eigenvalue weighted by molar-refractivity contribution is 0.401. The summed E-state index contributed by atoms with van der Waals surface area (Å²) >= 11 is 0. The largest absolute Gasteiger partial charge is 0.356 e. The maximum absolute atomic E-state index is 3.86. The Bertz CT molecular complexity index is 3530. The molecule has 0 bridgehead atoms. The molecule has 0 heterocycles. The van der Waals surface area contributed by atoms with E-state index in [0.29, 0.717) is 0 Å². The number of hydrogen-bond acceptors (Lipinski definition) is 2. The third kappa shape index (κ3) is 10.8. The van der Waals surface area contributed by atoms with E-state index in [1.165, 1.54) is 228 Å². The van der Waals surface area contributed by atoms with Crippen LogP contribution < -0.4 is 10.6 Å². The predicted molar refractivity (Wildman–Crippen MR) is 357 cm³/mol. The Balaban J connectivity index is 0.784. The molecule has 12 rings (SSSR count). The van der Waals surface area contributed by atoms with Crippen molar-refractivity contribution in [2.24, 2.45) is 0 Å². The summed E-state index contributed by atoms with van der Waals surface area (Å²) in [5.41, 5.74) is 21.5. The van der Waals surface area contributed by atoms with E-state index in [-0.39, 0.29) is 10.8 Å². The highest BCUT2D eigenvalue weighted by Crippen LogP contribution is 2.57. The van der Waals surface area contributed by atoms with Crippen molar-refractivity contribution in [2.75, 3.05) is 10.6 Å². The molecule has 0 unspecified atom stereocenters. The molecule has 2 aliphatic rings. The van der Waals surface area contributed by atoms with Gasteiger partial charge in [0.2, 0.25) is 0 Å². The average molecular weight is 1080 g/mol. The lowest BCUT2D eigenvalue weighted by atomic mass is 9.70. The first kappa shape index (κ1) is 55.1. The van der Waals surface area contributed by atoms with E-state index in [1.54, 1.807) is 11.1 Å². The fourth-order valence-corrected chi connectivity index (χ4v) is 14.9. The summed E-state index contributed by atoms with van der Waals surface area (Å²) < 4.78 is 0. The number of benzene rings is 10. The first-order valence-corrected chi connectivity index (χ1v) is 32.1. The van der Waals surface area contributed by atoms with Gasteiger partial charge in [-0.2, -0.15) is 0 Å². The van der Waals surface area contributed by atoms with Crippen LogP contribution in [0.5, 0.6) is 0 Å². The van der Waals surface area contributed by atoms with E-state index in [4.69, 9.17) is 0 Å². The Morgan fingerprint density at radius 2 is 0.561 bits per heavy atom. The molecule has 10 aromatic carbocycles. The van der Waals surface area contributed by atoms with Gasteiger partial charge >= 0.3 is 0 Å². The minimum absolute atomic E-state index is 0.0710. The maximum Gasteiger partial charge on any atom is 0.0387 e. The predicted octanol–water partition coefficient (Wildman–Crippen LogP) is 24.4. The highest BCUT2D eigenvalue weighted by atomic mass is 14.9. The normalized spacial score (nSPS) is 13.6. The molecule has 82 heavy (non-hydrogen) atoms. The van der Waals surface area contributed by atoms with Crippen LogP contribution in [0, 0.1) is 0 Å². The van der Waals surface area contributed by atoms with Crippen LogP contribution in [0.4, 0.5) is 22.7 Å². The number of anilines is 4. The molecule has 0 saturated carbocycles. The summed E-state index contributed by atoms with van der Waals surface area (Å²) in [6.45, 7) is 9.29. The van der Waals surface area contributed by atoms with E-state index in [9.17, 15) is 0 Å². The van der Waals surface area contributed by atoms with Crippen molar-refractivity contribution in [3.63, 3.8) is 0 Å². The molecular weight excluding hydrogens is 989 g/mol. The molecule has 416 valence electrons. The highest BCUT2D eigenvalue weighted by Gasteiger charge is 2.43. The summed E-state index contributed by atoms with van der Waals surface area (Å²) in [6.07, 6.45) is 25.5. The molecule has 2 N–H and O–H groups in total. The van der Waals surface area contributed by atoms with Gasteiger partial charge in [-0.3, -0.25) is 0 Å². The second-order valence-electron chi connectivity index (χ2n) is 24.5. The molecule has 0 fully saturated rings.